The molecule has 2 saturated heterocycles. The van der Waals surface area contributed by atoms with Crippen LogP contribution >= 0.6 is 0 Å². The Morgan fingerprint density at radius 3 is 3.00 bits per heavy atom. The van der Waals surface area contributed by atoms with E-state index >= 15 is 0 Å². The number of rotatable bonds is 6. The molecule has 2 aromatic rings. The average molecular weight is 444 g/mol. The first kappa shape index (κ1) is 22.0. The molecule has 2 aromatic heterocycles. The molecule has 0 aliphatic carbocycles. The standard InChI is InChI=1S/C21H29N7O4/c1-14-20(32-18(11-24-14)26-16-6-3-8-23-19(16)31-2)28(17-7-9-22-13-25-17)15-5-4-10-27(12-15)21(29)30/h3,6-9,13-15,18,20,24,26H,4-5,10-12H2,1-2H3,(H,29,30). The minimum Gasteiger partial charge on any atom is -0.480 e. The lowest BCUT2D eigenvalue weighted by Gasteiger charge is -2.47. The predicted molar refractivity (Wildman–Crippen MR) is 118 cm³/mol. The van der Waals surface area contributed by atoms with Crippen molar-refractivity contribution in [2.45, 2.75) is 44.3 Å². The van der Waals surface area contributed by atoms with E-state index in [4.69, 9.17) is 9.47 Å². The summed E-state index contributed by atoms with van der Waals surface area (Å²) in [5.41, 5.74) is 0.735. The van der Waals surface area contributed by atoms with E-state index in [0.29, 0.717) is 31.3 Å². The molecule has 0 radical (unpaired) electrons. The first-order chi connectivity index (χ1) is 15.6. The SMILES string of the molecule is COc1ncccc1NC1CNC(C)C(N(c2ccncn2)C2CCCN(C(=O)O)C2)O1. The molecule has 172 valence electrons. The summed E-state index contributed by atoms with van der Waals surface area (Å²) in [5, 5.41) is 16.4. The Morgan fingerprint density at radius 2 is 2.25 bits per heavy atom. The number of nitrogens with zero attached hydrogens (tertiary/aromatic N) is 5. The Bertz CT molecular complexity index is 903. The fraction of sp³-hybridized carbons (Fsp3) is 0.524. The van der Waals surface area contributed by atoms with Crippen LogP contribution in [0.25, 0.3) is 0 Å². The highest BCUT2D eigenvalue weighted by molar-refractivity contribution is 5.65. The van der Waals surface area contributed by atoms with E-state index in [1.807, 2.05) is 18.2 Å². The maximum absolute atomic E-state index is 11.6. The molecular weight excluding hydrogens is 414 g/mol. The van der Waals surface area contributed by atoms with E-state index in [1.165, 1.54) is 11.2 Å². The molecule has 0 bridgehead atoms. The average Bonchev–Trinajstić information content (AvgIpc) is 2.82. The van der Waals surface area contributed by atoms with Gasteiger partial charge < -0.3 is 35.0 Å². The van der Waals surface area contributed by atoms with Crippen molar-refractivity contribution in [3.8, 4) is 5.88 Å². The van der Waals surface area contributed by atoms with Crippen LogP contribution in [0, 0.1) is 0 Å². The first-order valence-corrected chi connectivity index (χ1v) is 10.7. The van der Waals surface area contributed by atoms with Gasteiger partial charge in [0.2, 0.25) is 5.88 Å². The van der Waals surface area contributed by atoms with Crippen LogP contribution in [0.2, 0.25) is 0 Å². The maximum Gasteiger partial charge on any atom is 0.407 e. The van der Waals surface area contributed by atoms with Gasteiger partial charge in [-0.25, -0.2) is 19.7 Å². The summed E-state index contributed by atoms with van der Waals surface area (Å²) in [7, 11) is 1.58. The Labute approximate surface area is 186 Å². The quantitative estimate of drug-likeness (QED) is 0.606. The summed E-state index contributed by atoms with van der Waals surface area (Å²) in [6, 6.07) is 5.46. The number of carboxylic acid groups (broad SMARTS) is 1. The highest BCUT2D eigenvalue weighted by atomic mass is 16.5. The molecule has 11 nitrogen and oxygen atoms in total. The molecule has 4 unspecified atom stereocenters. The zero-order chi connectivity index (χ0) is 22.5. The monoisotopic (exact) mass is 443 g/mol. The van der Waals surface area contributed by atoms with Crippen LogP contribution in [0.3, 0.4) is 0 Å². The van der Waals surface area contributed by atoms with Crippen LogP contribution in [0.4, 0.5) is 16.3 Å². The maximum atomic E-state index is 11.6. The zero-order valence-corrected chi connectivity index (χ0v) is 18.2. The number of ether oxygens (including phenoxy) is 2. The van der Waals surface area contributed by atoms with Crippen molar-refractivity contribution in [3.05, 3.63) is 36.9 Å². The third-order valence-corrected chi connectivity index (χ3v) is 5.80. The third kappa shape index (κ3) is 4.83. The van der Waals surface area contributed by atoms with E-state index in [1.54, 1.807) is 19.5 Å². The van der Waals surface area contributed by atoms with Crippen LogP contribution in [0.15, 0.2) is 36.9 Å². The second-order valence-electron chi connectivity index (χ2n) is 7.92. The van der Waals surface area contributed by atoms with Crippen molar-refractivity contribution in [2.75, 3.05) is 37.0 Å². The van der Waals surface area contributed by atoms with Crippen molar-refractivity contribution in [1.82, 2.24) is 25.2 Å². The summed E-state index contributed by atoms with van der Waals surface area (Å²) in [5.74, 6) is 1.19. The molecule has 0 spiro atoms. The zero-order valence-electron chi connectivity index (χ0n) is 18.2. The van der Waals surface area contributed by atoms with Crippen LogP contribution in [-0.2, 0) is 4.74 Å². The number of morpholine rings is 1. The van der Waals surface area contributed by atoms with Gasteiger partial charge in [-0.1, -0.05) is 0 Å². The summed E-state index contributed by atoms with van der Waals surface area (Å²) >= 11 is 0. The molecule has 2 fully saturated rings. The number of piperidine rings is 1. The molecule has 4 heterocycles. The van der Waals surface area contributed by atoms with Gasteiger partial charge in [0, 0.05) is 38.1 Å². The van der Waals surface area contributed by atoms with Crippen LogP contribution in [-0.4, -0.2) is 82.3 Å². The molecule has 11 heteroatoms. The Balaban J connectivity index is 1.58. The largest absolute Gasteiger partial charge is 0.480 e. The van der Waals surface area contributed by atoms with E-state index in [2.05, 4.69) is 37.4 Å². The fourth-order valence-electron chi connectivity index (χ4n) is 4.27. The van der Waals surface area contributed by atoms with Crippen LogP contribution < -0.4 is 20.3 Å². The van der Waals surface area contributed by atoms with Crippen molar-refractivity contribution in [2.24, 2.45) is 0 Å². The van der Waals surface area contributed by atoms with Gasteiger partial charge in [0.05, 0.1) is 18.8 Å². The van der Waals surface area contributed by atoms with E-state index in [9.17, 15) is 9.90 Å². The number of hydrogen-bond acceptors (Lipinski definition) is 9. The summed E-state index contributed by atoms with van der Waals surface area (Å²) in [6.07, 6.45) is 4.84. The van der Waals surface area contributed by atoms with Gasteiger partial charge in [0.15, 0.2) is 0 Å². The molecule has 3 N–H and O–H groups in total. The van der Waals surface area contributed by atoms with Crippen LogP contribution in [0.5, 0.6) is 5.88 Å². The van der Waals surface area contributed by atoms with Gasteiger partial charge in [0.25, 0.3) is 0 Å². The molecule has 2 aliphatic heterocycles. The molecule has 4 rings (SSSR count). The Kier molecular flexibility index (Phi) is 6.86. The second kappa shape index (κ2) is 9.96. The summed E-state index contributed by atoms with van der Waals surface area (Å²) in [4.78, 5) is 27.9. The Morgan fingerprint density at radius 1 is 1.38 bits per heavy atom. The smallest absolute Gasteiger partial charge is 0.407 e. The molecule has 0 aromatic carbocycles. The molecule has 4 atom stereocenters. The van der Waals surface area contributed by atoms with Gasteiger partial charge in [-0.05, 0) is 38.0 Å². The number of likely N-dealkylation sites (tertiary alicyclic amines) is 1. The lowest BCUT2D eigenvalue weighted by Crippen LogP contribution is -2.64. The van der Waals surface area contributed by atoms with Crippen molar-refractivity contribution >= 4 is 17.6 Å². The number of aromatic nitrogens is 3. The van der Waals surface area contributed by atoms with Gasteiger partial charge in [-0.2, -0.15) is 0 Å². The van der Waals surface area contributed by atoms with Gasteiger partial charge in [-0.15, -0.1) is 0 Å². The molecule has 0 saturated carbocycles. The highest BCUT2D eigenvalue weighted by Crippen LogP contribution is 2.29. The number of methoxy groups -OCH3 is 1. The topological polar surface area (TPSA) is 125 Å². The number of pyridine rings is 1. The number of nitrogens with one attached hydrogen (secondary N) is 2. The molecule has 1 amide bonds. The predicted octanol–water partition coefficient (Wildman–Crippen LogP) is 1.60. The number of anilines is 2. The lowest BCUT2D eigenvalue weighted by molar-refractivity contribution is -0.0529. The minimum atomic E-state index is -0.906. The van der Waals surface area contributed by atoms with E-state index < -0.39 is 6.09 Å². The van der Waals surface area contributed by atoms with E-state index in [-0.39, 0.29) is 24.5 Å². The number of amides is 1. The molecular formula is C21H29N7O4. The highest BCUT2D eigenvalue weighted by Gasteiger charge is 2.39. The second-order valence-corrected chi connectivity index (χ2v) is 7.92. The minimum absolute atomic E-state index is 0.0148. The first-order valence-electron chi connectivity index (χ1n) is 10.7. The third-order valence-electron chi connectivity index (χ3n) is 5.80. The molecule has 2 aliphatic rings. The summed E-state index contributed by atoms with van der Waals surface area (Å²) < 4.78 is 11.9. The number of hydrogen-bond donors (Lipinski definition) is 3. The van der Waals surface area contributed by atoms with Crippen molar-refractivity contribution < 1.29 is 19.4 Å². The normalized spacial score (nSPS) is 25.8. The van der Waals surface area contributed by atoms with Gasteiger partial charge in [0.1, 0.15) is 24.6 Å². The van der Waals surface area contributed by atoms with Gasteiger partial charge in [-0.3, -0.25) is 0 Å². The van der Waals surface area contributed by atoms with Crippen molar-refractivity contribution in [3.63, 3.8) is 0 Å². The molecule has 32 heavy (non-hydrogen) atoms. The van der Waals surface area contributed by atoms with Crippen molar-refractivity contribution in [1.29, 1.82) is 0 Å². The lowest BCUT2D eigenvalue weighted by atomic mass is 10.0. The summed E-state index contributed by atoms with van der Waals surface area (Å²) in [6.45, 7) is 3.56. The Hall–Kier alpha value is -3.18. The van der Waals surface area contributed by atoms with Gasteiger partial charge >= 0.3 is 6.09 Å². The van der Waals surface area contributed by atoms with E-state index in [0.717, 1.165) is 18.5 Å². The fourth-order valence-corrected chi connectivity index (χ4v) is 4.27. The van der Waals surface area contributed by atoms with Crippen LogP contribution in [0.1, 0.15) is 19.8 Å². The number of carbonyl (C=O) groups is 1.